The van der Waals surface area contributed by atoms with E-state index in [1.165, 1.54) is 0 Å². The third-order valence-electron chi connectivity index (χ3n) is 3.72. The van der Waals surface area contributed by atoms with Crippen LogP contribution < -0.4 is 10.4 Å². The number of para-hydroxylation sites is 1. The minimum atomic E-state index is -0.0854. The second-order valence-corrected chi connectivity index (χ2v) is 4.89. The molecule has 1 aromatic carbocycles. The van der Waals surface area contributed by atoms with E-state index in [4.69, 9.17) is 9.47 Å². The second-order valence-electron chi connectivity index (χ2n) is 4.89. The van der Waals surface area contributed by atoms with Crippen LogP contribution in [0.3, 0.4) is 0 Å². The van der Waals surface area contributed by atoms with Crippen LogP contribution in [0.2, 0.25) is 0 Å². The number of hydrogen-bond donors (Lipinski definition) is 1. The molecule has 0 atom stereocenters. The third-order valence-corrected chi connectivity index (χ3v) is 3.72. The van der Waals surface area contributed by atoms with E-state index in [0.29, 0.717) is 6.54 Å². The van der Waals surface area contributed by atoms with E-state index in [1.54, 1.807) is 11.7 Å². The predicted octanol–water partition coefficient (Wildman–Crippen LogP) is 0.670. The molecule has 20 heavy (non-hydrogen) atoms. The number of aromatic amines is 1. The Morgan fingerprint density at radius 2 is 2.10 bits per heavy atom. The van der Waals surface area contributed by atoms with Gasteiger partial charge in [0.05, 0.1) is 25.8 Å². The summed E-state index contributed by atoms with van der Waals surface area (Å²) in [5.41, 5.74) is 1.57. The molecule has 1 aromatic heterocycles. The average molecular weight is 277 g/mol. The molecular weight excluding hydrogens is 258 g/mol. The van der Waals surface area contributed by atoms with Crippen LogP contribution in [0.5, 0.6) is 5.75 Å². The van der Waals surface area contributed by atoms with Gasteiger partial charge >= 0.3 is 5.69 Å². The van der Waals surface area contributed by atoms with E-state index in [0.717, 1.165) is 49.6 Å². The first-order valence-corrected chi connectivity index (χ1v) is 6.85. The van der Waals surface area contributed by atoms with Gasteiger partial charge < -0.3 is 14.5 Å². The van der Waals surface area contributed by atoms with Gasteiger partial charge in [-0.1, -0.05) is 6.07 Å². The van der Waals surface area contributed by atoms with Crippen molar-refractivity contribution in [2.24, 2.45) is 0 Å². The van der Waals surface area contributed by atoms with Crippen molar-refractivity contribution >= 4 is 11.0 Å². The number of hydrogen-bond acceptors (Lipinski definition) is 4. The first kappa shape index (κ1) is 13.2. The molecule has 1 N–H and O–H groups in total. The summed E-state index contributed by atoms with van der Waals surface area (Å²) in [6.45, 7) is 4.88. The first-order chi connectivity index (χ1) is 9.79. The molecule has 0 aliphatic carbocycles. The Kier molecular flexibility index (Phi) is 3.75. The molecule has 6 heteroatoms. The summed E-state index contributed by atoms with van der Waals surface area (Å²) in [5.74, 6) is 0.725. The Bertz CT molecular complexity index is 641. The number of aromatic nitrogens is 2. The fourth-order valence-electron chi connectivity index (χ4n) is 2.63. The van der Waals surface area contributed by atoms with Gasteiger partial charge in [-0.15, -0.1) is 0 Å². The molecule has 1 aliphatic rings. The number of nitrogens with zero attached hydrogens (tertiary/aromatic N) is 2. The number of H-pyrrole nitrogens is 1. The van der Waals surface area contributed by atoms with Crippen molar-refractivity contribution in [3.8, 4) is 5.75 Å². The van der Waals surface area contributed by atoms with Gasteiger partial charge in [0.15, 0.2) is 0 Å². The molecule has 2 aromatic rings. The zero-order valence-electron chi connectivity index (χ0n) is 11.6. The first-order valence-electron chi connectivity index (χ1n) is 6.85. The number of fused-ring (bicyclic) bond motifs is 1. The lowest BCUT2D eigenvalue weighted by Gasteiger charge is -2.26. The Morgan fingerprint density at radius 3 is 2.85 bits per heavy atom. The van der Waals surface area contributed by atoms with Crippen molar-refractivity contribution in [2.45, 2.75) is 6.54 Å². The van der Waals surface area contributed by atoms with Crippen molar-refractivity contribution in [1.29, 1.82) is 0 Å². The standard InChI is InChI=1S/C14H19N3O3/c1-19-12-4-2-3-11-13(12)17(14(18)15-11)6-5-16-7-9-20-10-8-16/h2-4H,5-10H2,1H3,(H,15,18). The molecular formula is C14H19N3O3. The van der Waals surface area contributed by atoms with E-state index in [9.17, 15) is 4.79 Å². The summed E-state index contributed by atoms with van der Waals surface area (Å²) in [6, 6.07) is 5.65. The highest BCUT2D eigenvalue weighted by atomic mass is 16.5. The number of benzene rings is 1. The zero-order chi connectivity index (χ0) is 13.9. The van der Waals surface area contributed by atoms with Crippen LogP contribution in [0.25, 0.3) is 11.0 Å². The normalized spacial score (nSPS) is 16.6. The van der Waals surface area contributed by atoms with Crippen LogP contribution in [0.1, 0.15) is 0 Å². The maximum absolute atomic E-state index is 12.1. The fraction of sp³-hybridized carbons (Fsp3) is 0.500. The Morgan fingerprint density at radius 1 is 1.30 bits per heavy atom. The molecule has 0 spiro atoms. The Labute approximate surface area is 116 Å². The number of ether oxygens (including phenoxy) is 2. The van der Waals surface area contributed by atoms with Crippen molar-refractivity contribution in [2.75, 3.05) is 40.0 Å². The monoisotopic (exact) mass is 277 g/mol. The summed E-state index contributed by atoms with van der Waals surface area (Å²) in [4.78, 5) is 17.3. The maximum Gasteiger partial charge on any atom is 0.326 e. The summed E-state index contributed by atoms with van der Waals surface area (Å²) < 4.78 is 12.4. The quantitative estimate of drug-likeness (QED) is 0.892. The molecule has 1 fully saturated rings. The zero-order valence-corrected chi connectivity index (χ0v) is 11.6. The van der Waals surface area contributed by atoms with E-state index in [1.807, 2.05) is 18.2 Å². The van der Waals surface area contributed by atoms with Crippen LogP contribution in [0.4, 0.5) is 0 Å². The van der Waals surface area contributed by atoms with E-state index in [-0.39, 0.29) is 5.69 Å². The van der Waals surface area contributed by atoms with Gasteiger partial charge in [0.2, 0.25) is 0 Å². The fourth-order valence-corrected chi connectivity index (χ4v) is 2.63. The molecule has 2 heterocycles. The molecule has 0 bridgehead atoms. The van der Waals surface area contributed by atoms with Gasteiger partial charge in [-0.05, 0) is 12.1 Å². The van der Waals surface area contributed by atoms with E-state index in [2.05, 4.69) is 9.88 Å². The highest BCUT2D eigenvalue weighted by Gasteiger charge is 2.14. The number of morpholine rings is 1. The highest BCUT2D eigenvalue weighted by Crippen LogP contribution is 2.22. The molecule has 6 nitrogen and oxygen atoms in total. The smallest absolute Gasteiger partial charge is 0.326 e. The Balaban J connectivity index is 1.86. The van der Waals surface area contributed by atoms with Crippen molar-refractivity contribution < 1.29 is 9.47 Å². The van der Waals surface area contributed by atoms with Crippen molar-refractivity contribution in [1.82, 2.24) is 14.5 Å². The molecule has 1 aliphatic heterocycles. The summed E-state index contributed by atoms with van der Waals surface area (Å²) in [6.07, 6.45) is 0. The van der Waals surface area contributed by atoms with Crippen molar-refractivity contribution in [3.05, 3.63) is 28.7 Å². The number of nitrogens with one attached hydrogen (secondary N) is 1. The van der Waals surface area contributed by atoms with E-state index < -0.39 is 0 Å². The second kappa shape index (κ2) is 5.68. The van der Waals surface area contributed by atoms with Crippen LogP contribution >= 0.6 is 0 Å². The van der Waals surface area contributed by atoms with E-state index >= 15 is 0 Å². The molecule has 0 unspecified atom stereocenters. The highest BCUT2D eigenvalue weighted by molar-refractivity contribution is 5.81. The number of methoxy groups -OCH3 is 1. The van der Waals surface area contributed by atoms with Gasteiger partial charge in [-0.2, -0.15) is 0 Å². The molecule has 1 saturated heterocycles. The molecule has 0 radical (unpaired) electrons. The van der Waals surface area contributed by atoms with Crippen LogP contribution in [-0.2, 0) is 11.3 Å². The summed E-state index contributed by atoms with van der Waals surface area (Å²) >= 11 is 0. The maximum atomic E-state index is 12.1. The summed E-state index contributed by atoms with van der Waals surface area (Å²) in [7, 11) is 1.62. The summed E-state index contributed by atoms with van der Waals surface area (Å²) in [5, 5.41) is 0. The predicted molar refractivity (Wildman–Crippen MR) is 76.4 cm³/mol. The lowest BCUT2D eigenvalue weighted by atomic mass is 10.3. The van der Waals surface area contributed by atoms with Crippen LogP contribution in [-0.4, -0.2) is 54.4 Å². The number of rotatable bonds is 4. The lowest BCUT2D eigenvalue weighted by molar-refractivity contribution is 0.0364. The molecule has 0 saturated carbocycles. The van der Waals surface area contributed by atoms with Gasteiger partial charge in [0.1, 0.15) is 11.3 Å². The van der Waals surface area contributed by atoms with Gasteiger partial charge in [-0.25, -0.2) is 4.79 Å². The van der Waals surface area contributed by atoms with Crippen LogP contribution in [0, 0.1) is 0 Å². The molecule has 108 valence electrons. The van der Waals surface area contributed by atoms with Gasteiger partial charge in [-0.3, -0.25) is 9.47 Å². The third kappa shape index (κ3) is 2.44. The van der Waals surface area contributed by atoms with Gasteiger partial charge in [0.25, 0.3) is 0 Å². The minimum Gasteiger partial charge on any atom is -0.494 e. The minimum absolute atomic E-state index is 0.0854. The average Bonchev–Trinajstić information content (AvgIpc) is 2.81. The topological polar surface area (TPSA) is 59.5 Å². The van der Waals surface area contributed by atoms with Gasteiger partial charge in [0, 0.05) is 26.2 Å². The Hall–Kier alpha value is -1.79. The SMILES string of the molecule is COc1cccc2[nH]c(=O)n(CCN3CCOCC3)c12. The number of imidazole rings is 1. The molecule has 3 rings (SSSR count). The lowest BCUT2D eigenvalue weighted by Crippen LogP contribution is -2.39. The van der Waals surface area contributed by atoms with Crippen molar-refractivity contribution in [3.63, 3.8) is 0 Å². The van der Waals surface area contributed by atoms with Crippen LogP contribution in [0.15, 0.2) is 23.0 Å². The largest absolute Gasteiger partial charge is 0.494 e. The molecule has 0 amide bonds.